The second-order valence-electron chi connectivity index (χ2n) is 5.82. The number of piperidine rings is 1. The van der Waals surface area contributed by atoms with E-state index in [-0.39, 0.29) is 23.7 Å². The Bertz CT molecular complexity index is 281. The number of carbonyl (C=O) groups excluding carboxylic acids is 1. The molecule has 2 aliphatic rings. The molecule has 2 N–H and O–H groups in total. The third-order valence-electron chi connectivity index (χ3n) is 4.30. The van der Waals surface area contributed by atoms with Gasteiger partial charge in [0.2, 0.25) is 5.91 Å². The van der Waals surface area contributed by atoms with Crippen molar-refractivity contribution >= 4 is 18.3 Å². The zero-order valence-corrected chi connectivity index (χ0v) is 12.3. The van der Waals surface area contributed by atoms with Crippen molar-refractivity contribution in [1.82, 2.24) is 15.5 Å². The number of hydrogen-bond donors (Lipinski definition) is 2. The van der Waals surface area contributed by atoms with Crippen molar-refractivity contribution in [2.24, 2.45) is 11.3 Å². The van der Waals surface area contributed by atoms with E-state index in [1.54, 1.807) is 7.05 Å². The summed E-state index contributed by atoms with van der Waals surface area (Å²) in [6.07, 6.45) is 3.57. The summed E-state index contributed by atoms with van der Waals surface area (Å²) in [5.41, 5.74) is -0.165. The van der Waals surface area contributed by atoms with E-state index < -0.39 is 0 Å². The van der Waals surface area contributed by atoms with Gasteiger partial charge in [-0.1, -0.05) is 0 Å². The van der Waals surface area contributed by atoms with Gasteiger partial charge in [-0.25, -0.2) is 0 Å². The summed E-state index contributed by atoms with van der Waals surface area (Å²) < 4.78 is 0. The molecule has 0 saturated carbocycles. The number of rotatable bonds is 3. The third kappa shape index (κ3) is 3.59. The first-order valence-corrected chi connectivity index (χ1v) is 6.79. The van der Waals surface area contributed by atoms with E-state index in [0.29, 0.717) is 0 Å². The van der Waals surface area contributed by atoms with Crippen LogP contribution in [0, 0.1) is 11.3 Å². The Morgan fingerprint density at radius 1 is 1.44 bits per heavy atom. The molecule has 0 aromatic heterocycles. The van der Waals surface area contributed by atoms with Crippen molar-refractivity contribution in [3.63, 3.8) is 0 Å². The van der Waals surface area contributed by atoms with Crippen LogP contribution < -0.4 is 10.6 Å². The zero-order chi connectivity index (χ0) is 12.3. The smallest absolute Gasteiger partial charge is 0.227 e. The number of amides is 1. The summed E-state index contributed by atoms with van der Waals surface area (Å²) in [6, 6.07) is 0. The van der Waals surface area contributed by atoms with Crippen LogP contribution in [0.4, 0.5) is 0 Å². The van der Waals surface area contributed by atoms with Crippen LogP contribution in [0.2, 0.25) is 0 Å². The van der Waals surface area contributed by atoms with Crippen molar-refractivity contribution in [2.75, 3.05) is 39.8 Å². The minimum absolute atomic E-state index is 0. The SMILES string of the molecule is CNC(=O)C1(C)CCN(CC2CCNCC2)C1.Cl. The van der Waals surface area contributed by atoms with Crippen LogP contribution in [0.1, 0.15) is 26.2 Å². The highest BCUT2D eigenvalue weighted by Gasteiger charge is 2.40. The first kappa shape index (κ1) is 15.7. The third-order valence-corrected chi connectivity index (χ3v) is 4.30. The Hall–Kier alpha value is -0.320. The summed E-state index contributed by atoms with van der Waals surface area (Å²) in [6.45, 7) is 7.59. The van der Waals surface area contributed by atoms with Crippen LogP contribution >= 0.6 is 12.4 Å². The lowest BCUT2D eigenvalue weighted by Gasteiger charge is -2.28. The summed E-state index contributed by atoms with van der Waals surface area (Å²) in [7, 11) is 1.74. The van der Waals surface area contributed by atoms with E-state index >= 15 is 0 Å². The Balaban J connectivity index is 0.00000162. The molecule has 2 fully saturated rings. The molecule has 1 atom stereocenters. The standard InChI is InChI=1S/C13H25N3O.ClH/c1-13(12(17)14-2)5-8-16(10-13)9-11-3-6-15-7-4-11;/h11,15H,3-10H2,1-2H3,(H,14,17);1H. The lowest BCUT2D eigenvalue weighted by atomic mass is 9.89. The van der Waals surface area contributed by atoms with Crippen molar-refractivity contribution in [3.05, 3.63) is 0 Å². The lowest BCUT2D eigenvalue weighted by molar-refractivity contribution is -0.129. The first-order chi connectivity index (χ1) is 8.14. The monoisotopic (exact) mass is 275 g/mol. The molecule has 1 unspecified atom stereocenters. The van der Waals surface area contributed by atoms with E-state index in [1.807, 2.05) is 0 Å². The molecule has 0 aromatic carbocycles. The Morgan fingerprint density at radius 2 is 2.11 bits per heavy atom. The molecule has 106 valence electrons. The average molecular weight is 276 g/mol. The fraction of sp³-hybridized carbons (Fsp3) is 0.923. The van der Waals surface area contributed by atoms with Crippen molar-refractivity contribution in [2.45, 2.75) is 26.2 Å². The molecular weight excluding hydrogens is 250 g/mol. The fourth-order valence-corrected chi connectivity index (χ4v) is 3.13. The molecular formula is C13H26ClN3O. The van der Waals surface area contributed by atoms with Gasteiger partial charge in [-0.2, -0.15) is 0 Å². The highest BCUT2D eigenvalue weighted by atomic mass is 35.5. The van der Waals surface area contributed by atoms with Gasteiger partial charge in [-0.15, -0.1) is 12.4 Å². The quantitative estimate of drug-likeness (QED) is 0.803. The summed E-state index contributed by atoms with van der Waals surface area (Å²) >= 11 is 0. The highest BCUT2D eigenvalue weighted by Crippen LogP contribution is 2.31. The maximum atomic E-state index is 11.8. The number of nitrogens with one attached hydrogen (secondary N) is 2. The molecule has 2 aliphatic heterocycles. The molecule has 2 rings (SSSR count). The lowest BCUT2D eigenvalue weighted by Crippen LogP contribution is -2.40. The van der Waals surface area contributed by atoms with Crippen LogP contribution in [0.25, 0.3) is 0 Å². The summed E-state index contributed by atoms with van der Waals surface area (Å²) in [4.78, 5) is 14.3. The molecule has 0 aliphatic carbocycles. The van der Waals surface area contributed by atoms with Crippen molar-refractivity contribution < 1.29 is 4.79 Å². The topological polar surface area (TPSA) is 44.4 Å². The van der Waals surface area contributed by atoms with Gasteiger partial charge >= 0.3 is 0 Å². The minimum atomic E-state index is -0.165. The van der Waals surface area contributed by atoms with E-state index in [9.17, 15) is 4.79 Å². The molecule has 4 nitrogen and oxygen atoms in total. The second-order valence-corrected chi connectivity index (χ2v) is 5.82. The Kier molecular flexibility index (Phi) is 5.89. The number of nitrogens with zero attached hydrogens (tertiary/aromatic N) is 1. The molecule has 0 spiro atoms. The van der Waals surface area contributed by atoms with Gasteiger partial charge in [-0.05, 0) is 51.7 Å². The molecule has 0 radical (unpaired) electrons. The predicted molar refractivity (Wildman–Crippen MR) is 76.1 cm³/mol. The van der Waals surface area contributed by atoms with Crippen molar-refractivity contribution in [1.29, 1.82) is 0 Å². The van der Waals surface area contributed by atoms with Gasteiger partial charge in [0.05, 0.1) is 5.41 Å². The first-order valence-electron chi connectivity index (χ1n) is 6.79. The van der Waals surface area contributed by atoms with Gasteiger partial charge in [0, 0.05) is 20.1 Å². The van der Waals surface area contributed by atoms with Crippen LogP contribution in [-0.4, -0.2) is 50.6 Å². The Morgan fingerprint density at radius 3 is 2.72 bits per heavy atom. The number of likely N-dealkylation sites (tertiary alicyclic amines) is 1. The van der Waals surface area contributed by atoms with Gasteiger partial charge in [0.25, 0.3) is 0 Å². The highest BCUT2D eigenvalue weighted by molar-refractivity contribution is 5.85. The van der Waals surface area contributed by atoms with E-state index in [4.69, 9.17) is 0 Å². The molecule has 5 heteroatoms. The second kappa shape index (κ2) is 6.73. The number of carbonyl (C=O) groups is 1. The van der Waals surface area contributed by atoms with Crippen LogP contribution in [0.15, 0.2) is 0 Å². The largest absolute Gasteiger partial charge is 0.359 e. The number of hydrogen-bond acceptors (Lipinski definition) is 3. The van der Waals surface area contributed by atoms with Crippen LogP contribution in [0.3, 0.4) is 0 Å². The number of halogens is 1. The van der Waals surface area contributed by atoms with E-state index in [1.165, 1.54) is 19.4 Å². The van der Waals surface area contributed by atoms with Gasteiger partial charge in [-0.3, -0.25) is 4.79 Å². The van der Waals surface area contributed by atoms with Crippen LogP contribution in [-0.2, 0) is 4.79 Å². The normalized spacial score (nSPS) is 29.9. The van der Waals surface area contributed by atoms with Crippen LogP contribution in [0.5, 0.6) is 0 Å². The molecule has 2 saturated heterocycles. The maximum absolute atomic E-state index is 11.8. The van der Waals surface area contributed by atoms with Crippen molar-refractivity contribution in [3.8, 4) is 0 Å². The van der Waals surface area contributed by atoms with Gasteiger partial charge in [0.1, 0.15) is 0 Å². The zero-order valence-electron chi connectivity index (χ0n) is 11.5. The molecule has 0 bridgehead atoms. The molecule has 18 heavy (non-hydrogen) atoms. The Labute approximate surface area is 116 Å². The molecule has 2 heterocycles. The summed E-state index contributed by atoms with van der Waals surface area (Å²) in [5.74, 6) is 1.02. The average Bonchev–Trinajstić information content (AvgIpc) is 2.72. The minimum Gasteiger partial charge on any atom is -0.359 e. The van der Waals surface area contributed by atoms with E-state index in [2.05, 4.69) is 22.5 Å². The van der Waals surface area contributed by atoms with Gasteiger partial charge in [0.15, 0.2) is 0 Å². The predicted octanol–water partition coefficient (Wildman–Crippen LogP) is 0.866. The fourth-order valence-electron chi connectivity index (χ4n) is 3.13. The maximum Gasteiger partial charge on any atom is 0.227 e. The van der Waals surface area contributed by atoms with Gasteiger partial charge < -0.3 is 15.5 Å². The molecule has 1 amide bonds. The molecule has 0 aromatic rings. The summed E-state index contributed by atoms with van der Waals surface area (Å²) in [5, 5.41) is 6.20. The van der Waals surface area contributed by atoms with E-state index in [0.717, 1.165) is 38.5 Å².